The van der Waals surface area contributed by atoms with Gasteiger partial charge in [0.25, 0.3) is 0 Å². The molecule has 13 heavy (non-hydrogen) atoms. The summed E-state index contributed by atoms with van der Waals surface area (Å²) in [6, 6.07) is 5.47. The van der Waals surface area contributed by atoms with Gasteiger partial charge in [-0.2, -0.15) is 5.26 Å². The molecule has 1 aromatic rings. The molecule has 1 N–H and O–H groups in total. The Hall–Kier alpha value is -1.53. The van der Waals surface area contributed by atoms with Crippen LogP contribution in [0.25, 0.3) is 6.08 Å². The predicted molar refractivity (Wildman–Crippen MR) is 48.6 cm³/mol. The minimum atomic E-state index is -0.699. The molecule has 0 bridgehead atoms. The molecule has 0 amide bonds. The van der Waals surface area contributed by atoms with Gasteiger partial charge in [-0.05, 0) is 30.7 Å². The molecule has 3 nitrogen and oxygen atoms in total. The Morgan fingerprint density at radius 1 is 1.85 bits per heavy atom. The van der Waals surface area contributed by atoms with Gasteiger partial charge in [-0.3, -0.25) is 0 Å². The molecule has 0 spiro atoms. The maximum atomic E-state index is 9.38. The van der Waals surface area contributed by atoms with Crippen LogP contribution in [0.4, 0.5) is 0 Å². The molecule has 0 saturated carbocycles. The first-order valence-electron chi connectivity index (χ1n) is 4.00. The molecule has 1 aromatic heterocycles. The Morgan fingerprint density at radius 3 is 3.15 bits per heavy atom. The van der Waals surface area contributed by atoms with Crippen LogP contribution in [0.3, 0.4) is 0 Å². The third-order valence-corrected chi connectivity index (χ3v) is 1.72. The molecule has 1 heterocycles. The van der Waals surface area contributed by atoms with E-state index in [1.807, 2.05) is 6.07 Å². The van der Waals surface area contributed by atoms with Crippen molar-refractivity contribution in [1.82, 2.24) is 0 Å². The third-order valence-electron chi connectivity index (χ3n) is 1.72. The summed E-state index contributed by atoms with van der Waals surface area (Å²) in [4.78, 5) is 0. The Balaban J connectivity index is 2.67. The van der Waals surface area contributed by atoms with Crippen molar-refractivity contribution in [3.8, 4) is 6.07 Å². The smallest absolute Gasteiger partial charge is 0.126 e. The van der Waals surface area contributed by atoms with Gasteiger partial charge in [0.2, 0.25) is 0 Å². The summed E-state index contributed by atoms with van der Waals surface area (Å²) in [7, 11) is 0. The van der Waals surface area contributed by atoms with Gasteiger partial charge in [0.15, 0.2) is 0 Å². The summed E-state index contributed by atoms with van der Waals surface area (Å²) in [6.07, 6.45) is 2.70. The van der Waals surface area contributed by atoms with Crippen LogP contribution >= 0.6 is 0 Å². The van der Waals surface area contributed by atoms with Crippen molar-refractivity contribution >= 4 is 6.08 Å². The summed E-state index contributed by atoms with van der Waals surface area (Å²) in [5.41, 5.74) is 0.733. The van der Waals surface area contributed by atoms with Crippen LogP contribution in [0.15, 0.2) is 28.4 Å². The van der Waals surface area contributed by atoms with E-state index in [2.05, 4.69) is 0 Å². The van der Waals surface area contributed by atoms with E-state index in [4.69, 9.17) is 9.68 Å². The van der Waals surface area contributed by atoms with Crippen LogP contribution in [0, 0.1) is 11.3 Å². The molecule has 68 valence electrons. The molecule has 0 radical (unpaired) electrons. The average molecular weight is 177 g/mol. The van der Waals surface area contributed by atoms with Crippen LogP contribution in [-0.4, -0.2) is 11.2 Å². The van der Waals surface area contributed by atoms with Crippen LogP contribution < -0.4 is 0 Å². The lowest BCUT2D eigenvalue weighted by Crippen LogP contribution is -2.05. The summed E-state index contributed by atoms with van der Waals surface area (Å²) in [6.45, 7) is 1.77. The van der Waals surface area contributed by atoms with E-state index in [1.54, 1.807) is 31.4 Å². The summed E-state index contributed by atoms with van der Waals surface area (Å²) in [5, 5.41) is 17.7. The molecule has 0 aliphatic carbocycles. The Kier molecular flexibility index (Phi) is 3.30. The van der Waals surface area contributed by atoms with Gasteiger partial charge in [-0.1, -0.05) is 0 Å². The van der Waals surface area contributed by atoms with E-state index in [9.17, 15) is 5.11 Å². The van der Waals surface area contributed by atoms with Crippen LogP contribution in [0.1, 0.15) is 19.1 Å². The fourth-order valence-corrected chi connectivity index (χ4v) is 0.941. The number of aliphatic hydroxyl groups is 1. The molecule has 1 atom stereocenters. The first kappa shape index (κ1) is 9.56. The fraction of sp³-hybridized carbons (Fsp3) is 0.300. The third kappa shape index (κ3) is 2.77. The molecule has 0 aliphatic rings. The van der Waals surface area contributed by atoms with Crippen molar-refractivity contribution in [1.29, 1.82) is 5.26 Å². The Labute approximate surface area is 76.9 Å². The number of nitrogens with zero attached hydrogens (tertiary/aromatic N) is 1. The summed E-state index contributed by atoms with van der Waals surface area (Å²) < 4.78 is 5.06. The van der Waals surface area contributed by atoms with Gasteiger partial charge in [-0.25, -0.2) is 0 Å². The Morgan fingerprint density at radius 2 is 2.62 bits per heavy atom. The molecule has 1 unspecified atom stereocenters. The molecule has 0 saturated heterocycles. The largest absolute Gasteiger partial charge is 0.465 e. The van der Waals surface area contributed by atoms with E-state index in [0.29, 0.717) is 5.76 Å². The summed E-state index contributed by atoms with van der Waals surface area (Å²) in [5.74, 6) is 0.689. The average Bonchev–Trinajstić information content (AvgIpc) is 2.57. The maximum absolute atomic E-state index is 9.38. The number of rotatable bonds is 3. The monoisotopic (exact) mass is 177 g/mol. The zero-order chi connectivity index (χ0) is 9.68. The quantitative estimate of drug-likeness (QED) is 0.767. The van der Waals surface area contributed by atoms with E-state index >= 15 is 0 Å². The van der Waals surface area contributed by atoms with Gasteiger partial charge >= 0.3 is 0 Å². The fourth-order valence-electron chi connectivity index (χ4n) is 0.941. The SMILES string of the molecule is C/C(=C\c1ccco1)C(O)CC#N. The molecule has 0 aromatic carbocycles. The van der Waals surface area contributed by atoms with Crippen LogP contribution in [0.5, 0.6) is 0 Å². The molecule has 0 fully saturated rings. The maximum Gasteiger partial charge on any atom is 0.126 e. The van der Waals surface area contributed by atoms with Gasteiger partial charge in [-0.15, -0.1) is 0 Å². The van der Waals surface area contributed by atoms with Crippen LogP contribution in [-0.2, 0) is 0 Å². The van der Waals surface area contributed by atoms with Gasteiger partial charge in [0.1, 0.15) is 5.76 Å². The zero-order valence-electron chi connectivity index (χ0n) is 7.40. The standard InChI is InChI=1S/C10H11NO2/c1-8(10(12)4-5-11)7-9-3-2-6-13-9/h2-3,6-7,10,12H,4H2,1H3/b8-7+. The Bertz CT molecular complexity index is 319. The molecular formula is C10H11NO2. The highest BCUT2D eigenvalue weighted by Gasteiger charge is 2.05. The van der Waals surface area contributed by atoms with E-state index < -0.39 is 6.10 Å². The zero-order valence-corrected chi connectivity index (χ0v) is 7.40. The molecule has 3 heteroatoms. The van der Waals surface area contributed by atoms with E-state index in [1.165, 1.54) is 0 Å². The van der Waals surface area contributed by atoms with Gasteiger partial charge in [0, 0.05) is 0 Å². The first-order chi connectivity index (χ1) is 6.24. The second-order valence-electron chi connectivity index (χ2n) is 2.78. The number of hydrogen-bond donors (Lipinski definition) is 1. The molecule has 1 rings (SSSR count). The van der Waals surface area contributed by atoms with Gasteiger partial charge < -0.3 is 9.52 Å². The highest BCUT2D eigenvalue weighted by Crippen LogP contribution is 2.11. The van der Waals surface area contributed by atoms with Crippen molar-refractivity contribution < 1.29 is 9.52 Å². The lowest BCUT2D eigenvalue weighted by molar-refractivity contribution is 0.217. The number of nitriles is 1. The highest BCUT2D eigenvalue weighted by molar-refractivity contribution is 5.47. The van der Waals surface area contributed by atoms with Crippen molar-refractivity contribution in [2.75, 3.05) is 0 Å². The topological polar surface area (TPSA) is 57.2 Å². The number of furan rings is 1. The number of aliphatic hydroxyl groups excluding tert-OH is 1. The second-order valence-corrected chi connectivity index (χ2v) is 2.78. The lowest BCUT2D eigenvalue weighted by Gasteiger charge is -2.04. The van der Waals surface area contributed by atoms with Crippen molar-refractivity contribution in [3.63, 3.8) is 0 Å². The first-order valence-corrected chi connectivity index (χ1v) is 4.00. The van der Waals surface area contributed by atoms with Crippen molar-refractivity contribution in [3.05, 3.63) is 29.7 Å². The second kappa shape index (κ2) is 4.48. The molecule has 0 aliphatic heterocycles. The molecular weight excluding hydrogens is 166 g/mol. The van der Waals surface area contributed by atoms with E-state index in [-0.39, 0.29) is 6.42 Å². The predicted octanol–water partition coefficient (Wildman–Crippen LogP) is 1.96. The van der Waals surface area contributed by atoms with Crippen molar-refractivity contribution in [2.24, 2.45) is 0 Å². The van der Waals surface area contributed by atoms with E-state index in [0.717, 1.165) is 5.57 Å². The highest BCUT2D eigenvalue weighted by atomic mass is 16.3. The number of hydrogen-bond acceptors (Lipinski definition) is 3. The minimum absolute atomic E-state index is 0.114. The van der Waals surface area contributed by atoms with Crippen LogP contribution in [0.2, 0.25) is 0 Å². The van der Waals surface area contributed by atoms with Gasteiger partial charge in [0.05, 0.1) is 24.9 Å². The minimum Gasteiger partial charge on any atom is -0.465 e. The normalized spacial score (nSPS) is 13.8. The van der Waals surface area contributed by atoms with Crippen molar-refractivity contribution in [2.45, 2.75) is 19.4 Å². The summed E-state index contributed by atoms with van der Waals surface area (Å²) >= 11 is 0. The lowest BCUT2D eigenvalue weighted by atomic mass is 10.1.